The zero-order chi connectivity index (χ0) is 18.1. The molecule has 0 aliphatic carbocycles. The van der Waals surface area contributed by atoms with Crippen molar-refractivity contribution >= 4 is 11.6 Å². The molecule has 5 nitrogen and oxygen atoms in total. The van der Waals surface area contributed by atoms with Crippen LogP contribution >= 0.6 is 0 Å². The lowest BCUT2D eigenvalue weighted by Crippen LogP contribution is -2.39. The summed E-state index contributed by atoms with van der Waals surface area (Å²) in [6, 6.07) is 16.7. The second-order valence-corrected chi connectivity index (χ2v) is 6.26. The van der Waals surface area contributed by atoms with Crippen molar-refractivity contribution in [2.45, 2.75) is 19.4 Å². The van der Waals surface area contributed by atoms with Crippen LogP contribution in [0.1, 0.15) is 13.3 Å². The highest BCUT2D eigenvalue weighted by molar-refractivity contribution is 5.94. The van der Waals surface area contributed by atoms with Crippen molar-refractivity contribution in [1.82, 2.24) is 10.2 Å². The second-order valence-electron chi connectivity index (χ2n) is 6.26. The molecule has 0 saturated heterocycles. The fourth-order valence-electron chi connectivity index (χ4n) is 2.29. The highest BCUT2D eigenvalue weighted by atomic mass is 16.5. The average molecular weight is 341 g/mol. The zero-order valence-corrected chi connectivity index (χ0v) is 15.2. The van der Waals surface area contributed by atoms with Gasteiger partial charge in [-0.05, 0) is 76.9 Å². The largest absolute Gasteiger partial charge is 0.457 e. The van der Waals surface area contributed by atoms with Gasteiger partial charge >= 0.3 is 0 Å². The van der Waals surface area contributed by atoms with Gasteiger partial charge in [0.05, 0.1) is 6.04 Å². The Morgan fingerprint density at radius 3 is 2.32 bits per heavy atom. The van der Waals surface area contributed by atoms with Crippen LogP contribution in [-0.2, 0) is 4.79 Å². The second kappa shape index (κ2) is 9.81. The number of nitrogens with zero attached hydrogens (tertiary/aromatic N) is 1. The molecule has 5 heteroatoms. The van der Waals surface area contributed by atoms with Crippen molar-refractivity contribution in [3.8, 4) is 11.5 Å². The number of rotatable bonds is 9. The summed E-state index contributed by atoms with van der Waals surface area (Å²) >= 11 is 0. The van der Waals surface area contributed by atoms with Crippen molar-refractivity contribution in [2.75, 3.05) is 32.5 Å². The molecule has 134 valence electrons. The van der Waals surface area contributed by atoms with Crippen molar-refractivity contribution in [1.29, 1.82) is 0 Å². The smallest absolute Gasteiger partial charge is 0.241 e. The van der Waals surface area contributed by atoms with E-state index in [9.17, 15) is 4.79 Å². The highest BCUT2D eigenvalue weighted by Crippen LogP contribution is 2.22. The van der Waals surface area contributed by atoms with Gasteiger partial charge in [-0.2, -0.15) is 0 Å². The fraction of sp³-hybridized carbons (Fsp3) is 0.350. The fourth-order valence-corrected chi connectivity index (χ4v) is 2.29. The lowest BCUT2D eigenvalue weighted by Gasteiger charge is -2.15. The summed E-state index contributed by atoms with van der Waals surface area (Å²) in [5.74, 6) is 1.48. The quantitative estimate of drug-likeness (QED) is 0.687. The molecule has 2 rings (SSSR count). The molecule has 0 unspecified atom stereocenters. The van der Waals surface area contributed by atoms with Gasteiger partial charge in [0.25, 0.3) is 0 Å². The number of carbonyl (C=O) groups is 1. The molecule has 0 aliphatic heterocycles. The molecule has 0 aliphatic rings. The molecule has 0 aromatic heterocycles. The Labute approximate surface area is 150 Å². The molecule has 25 heavy (non-hydrogen) atoms. The molecule has 0 radical (unpaired) electrons. The number of carbonyl (C=O) groups excluding carboxylic acids is 1. The SMILES string of the molecule is C[C@@H](NCCCN(C)C)C(=O)Nc1ccc(Oc2ccccc2)cc1. The van der Waals surface area contributed by atoms with Crippen LogP contribution in [0.15, 0.2) is 54.6 Å². The monoisotopic (exact) mass is 341 g/mol. The normalized spacial score (nSPS) is 12.0. The Bertz CT molecular complexity index is 642. The highest BCUT2D eigenvalue weighted by Gasteiger charge is 2.12. The third-order valence-corrected chi connectivity index (χ3v) is 3.73. The number of benzene rings is 2. The maximum atomic E-state index is 12.2. The van der Waals surface area contributed by atoms with Crippen LogP contribution in [0.2, 0.25) is 0 Å². The van der Waals surface area contributed by atoms with Crippen molar-refractivity contribution in [3.05, 3.63) is 54.6 Å². The standard InChI is InChI=1S/C20H27N3O2/c1-16(21-14-7-15-23(2)3)20(24)22-17-10-12-19(13-11-17)25-18-8-5-4-6-9-18/h4-6,8-13,16,21H,7,14-15H2,1-3H3,(H,22,24)/t16-/m1/s1. The number of hydrogen-bond donors (Lipinski definition) is 2. The Hall–Kier alpha value is -2.37. The first-order chi connectivity index (χ1) is 12.0. The van der Waals surface area contributed by atoms with E-state index in [4.69, 9.17) is 4.74 Å². The Kier molecular flexibility index (Phi) is 7.44. The van der Waals surface area contributed by atoms with Crippen LogP contribution in [0.5, 0.6) is 11.5 Å². The van der Waals surface area contributed by atoms with Gasteiger partial charge < -0.3 is 20.3 Å². The minimum atomic E-state index is -0.234. The van der Waals surface area contributed by atoms with Crippen LogP contribution in [-0.4, -0.2) is 44.0 Å². The summed E-state index contributed by atoms with van der Waals surface area (Å²) in [4.78, 5) is 14.3. The minimum absolute atomic E-state index is 0.0402. The lowest BCUT2D eigenvalue weighted by atomic mass is 10.2. The molecule has 1 atom stereocenters. The first kappa shape index (κ1) is 19.0. The van der Waals surface area contributed by atoms with Crippen LogP contribution in [0, 0.1) is 0 Å². The molecule has 2 aromatic rings. The Morgan fingerprint density at radius 1 is 1.04 bits per heavy atom. The van der Waals surface area contributed by atoms with Gasteiger partial charge in [-0.25, -0.2) is 0 Å². The van der Waals surface area contributed by atoms with Gasteiger partial charge in [0.15, 0.2) is 0 Å². The number of ether oxygens (including phenoxy) is 1. The number of anilines is 1. The van der Waals surface area contributed by atoms with Crippen molar-refractivity contribution in [3.63, 3.8) is 0 Å². The third-order valence-electron chi connectivity index (χ3n) is 3.73. The van der Waals surface area contributed by atoms with Gasteiger partial charge in [0.2, 0.25) is 5.91 Å². The van der Waals surface area contributed by atoms with Crippen molar-refractivity contribution < 1.29 is 9.53 Å². The predicted octanol–water partition coefficient (Wildman–Crippen LogP) is 3.35. The zero-order valence-electron chi connectivity index (χ0n) is 15.2. The Morgan fingerprint density at radius 2 is 1.68 bits per heavy atom. The molecule has 2 N–H and O–H groups in total. The molecule has 0 heterocycles. The predicted molar refractivity (Wildman–Crippen MR) is 102 cm³/mol. The molecule has 0 spiro atoms. The van der Waals surface area contributed by atoms with Gasteiger partial charge in [0.1, 0.15) is 11.5 Å². The summed E-state index contributed by atoms with van der Waals surface area (Å²) in [5, 5.41) is 6.15. The number of nitrogens with one attached hydrogen (secondary N) is 2. The minimum Gasteiger partial charge on any atom is -0.457 e. The number of hydrogen-bond acceptors (Lipinski definition) is 4. The summed E-state index contributed by atoms with van der Waals surface area (Å²) in [6.07, 6.45) is 1.01. The Balaban J connectivity index is 1.78. The van der Waals surface area contributed by atoms with E-state index < -0.39 is 0 Å². The first-order valence-corrected chi connectivity index (χ1v) is 8.56. The van der Waals surface area contributed by atoms with Crippen LogP contribution in [0.25, 0.3) is 0 Å². The summed E-state index contributed by atoms with van der Waals surface area (Å²) in [7, 11) is 4.09. The summed E-state index contributed by atoms with van der Waals surface area (Å²) in [5.41, 5.74) is 0.757. The van der Waals surface area contributed by atoms with E-state index in [0.717, 1.165) is 36.7 Å². The molecule has 0 fully saturated rings. The molecule has 2 aromatic carbocycles. The van der Waals surface area contributed by atoms with E-state index in [1.165, 1.54) is 0 Å². The van der Waals surface area contributed by atoms with Gasteiger partial charge in [0, 0.05) is 5.69 Å². The van der Waals surface area contributed by atoms with E-state index in [1.807, 2.05) is 75.6 Å². The average Bonchev–Trinajstić information content (AvgIpc) is 2.61. The molecule has 0 saturated carbocycles. The van der Waals surface area contributed by atoms with Crippen LogP contribution in [0.4, 0.5) is 5.69 Å². The molecule has 1 amide bonds. The maximum absolute atomic E-state index is 12.2. The van der Waals surface area contributed by atoms with Crippen molar-refractivity contribution in [2.24, 2.45) is 0 Å². The maximum Gasteiger partial charge on any atom is 0.241 e. The summed E-state index contributed by atoms with van der Waals surface area (Å²) in [6.45, 7) is 3.69. The third kappa shape index (κ3) is 6.95. The lowest BCUT2D eigenvalue weighted by molar-refractivity contribution is -0.117. The van der Waals surface area contributed by atoms with E-state index in [2.05, 4.69) is 15.5 Å². The van der Waals surface area contributed by atoms with E-state index in [1.54, 1.807) is 0 Å². The molecular formula is C20H27N3O2. The van der Waals surface area contributed by atoms with E-state index in [0.29, 0.717) is 0 Å². The van der Waals surface area contributed by atoms with Gasteiger partial charge in [-0.15, -0.1) is 0 Å². The van der Waals surface area contributed by atoms with E-state index in [-0.39, 0.29) is 11.9 Å². The number of amides is 1. The first-order valence-electron chi connectivity index (χ1n) is 8.56. The number of para-hydroxylation sites is 1. The van der Waals surface area contributed by atoms with Gasteiger partial charge in [-0.1, -0.05) is 18.2 Å². The topological polar surface area (TPSA) is 53.6 Å². The summed E-state index contributed by atoms with van der Waals surface area (Å²) < 4.78 is 5.74. The molecular weight excluding hydrogens is 314 g/mol. The van der Waals surface area contributed by atoms with Crippen LogP contribution < -0.4 is 15.4 Å². The van der Waals surface area contributed by atoms with Gasteiger partial charge in [-0.3, -0.25) is 4.79 Å². The van der Waals surface area contributed by atoms with E-state index >= 15 is 0 Å². The molecule has 0 bridgehead atoms. The van der Waals surface area contributed by atoms with Crippen LogP contribution in [0.3, 0.4) is 0 Å².